The number of aromatic nitrogens is 5. The Morgan fingerprint density at radius 3 is 2.29 bits per heavy atom. The van der Waals surface area contributed by atoms with Crippen LogP contribution in [-0.4, -0.2) is 46.7 Å². The lowest BCUT2D eigenvalue weighted by Gasteiger charge is -2.19. The van der Waals surface area contributed by atoms with Gasteiger partial charge < -0.3 is 18.9 Å². The van der Waals surface area contributed by atoms with E-state index in [-0.39, 0.29) is 40.2 Å². The number of ether oxygens (including phenoxy) is 4. The van der Waals surface area contributed by atoms with Crippen molar-refractivity contribution >= 4 is 31.8 Å². The van der Waals surface area contributed by atoms with Gasteiger partial charge in [-0.3, -0.25) is 4.72 Å². The summed E-state index contributed by atoms with van der Waals surface area (Å²) in [5.74, 6) is 5.65. The maximum Gasteiger partial charge on any atom is 0.320 e. The fraction of sp³-hybridized carbons (Fsp3) is 0.222. The van der Waals surface area contributed by atoms with Crippen LogP contribution in [0.15, 0.2) is 70.8 Å². The lowest BCUT2D eigenvalue weighted by molar-refractivity contribution is 0.0412. The zero-order chi connectivity index (χ0) is 29.4. The minimum Gasteiger partial charge on any atom is -0.493 e. The minimum atomic E-state index is -4.20. The molecule has 3 aromatic heterocycles. The summed E-state index contributed by atoms with van der Waals surface area (Å²) in [5.41, 5.74) is 0.889. The summed E-state index contributed by atoms with van der Waals surface area (Å²) in [7, 11) is -2.73. The first-order chi connectivity index (χ1) is 19.7. The van der Waals surface area contributed by atoms with Crippen LogP contribution in [0.1, 0.15) is 32.3 Å². The van der Waals surface area contributed by atoms with Crippen molar-refractivity contribution in [2.75, 3.05) is 11.8 Å². The molecule has 4 aromatic rings. The van der Waals surface area contributed by atoms with E-state index in [1.54, 1.807) is 37.3 Å². The molecule has 0 bridgehead atoms. The monoisotopic (exact) mass is 640 g/mol. The number of hydrogen-bond donors (Lipinski definition) is 1. The van der Waals surface area contributed by atoms with Crippen LogP contribution in [0, 0.1) is 11.8 Å². The molecule has 0 spiro atoms. The van der Waals surface area contributed by atoms with Gasteiger partial charge in [0.25, 0.3) is 15.9 Å². The van der Waals surface area contributed by atoms with Gasteiger partial charge in [0, 0.05) is 18.6 Å². The van der Waals surface area contributed by atoms with E-state index in [2.05, 4.69) is 57.4 Å². The van der Waals surface area contributed by atoms with Gasteiger partial charge in [0.15, 0.2) is 22.3 Å². The molecule has 41 heavy (non-hydrogen) atoms. The molecule has 0 saturated heterocycles. The molecule has 12 nitrogen and oxygen atoms in total. The third-order valence-electron chi connectivity index (χ3n) is 5.27. The molecule has 212 valence electrons. The topological polar surface area (TPSA) is 148 Å². The van der Waals surface area contributed by atoms with Crippen LogP contribution in [0.4, 0.5) is 5.82 Å². The van der Waals surface area contributed by atoms with Crippen LogP contribution in [0.3, 0.4) is 0 Å². The highest BCUT2D eigenvalue weighted by molar-refractivity contribution is 9.10. The number of anilines is 1. The molecule has 4 rings (SSSR count). The van der Waals surface area contributed by atoms with Crippen molar-refractivity contribution in [3.05, 3.63) is 71.4 Å². The van der Waals surface area contributed by atoms with Gasteiger partial charge in [-0.15, -0.1) is 0 Å². The van der Waals surface area contributed by atoms with Crippen molar-refractivity contribution in [1.29, 1.82) is 0 Å². The summed E-state index contributed by atoms with van der Waals surface area (Å²) in [5, 5.41) is -0.211. The number of benzene rings is 1. The molecular formula is C27H25BrN6O6S. The van der Waals surface area contributed by atoms with Crippen LogP contribution >= 0.6 is 15.9 Å². The van der Waals surface area contributed by atoms with Crippen molar-refractivity contribution in [2.45, 2.75) is 38.0 Å². The van der Waals surface area contributed by atoms with Gasteiger partial charge in [-0.1, -0.05) is 38.0 Å². The second-order valence-corrected chi connectivity index (χ2v) is 11.0. The lowest BCUT2D eigenvalue weighted by Crippen LogP contribution is -2.24. The van der Waals surface area contributed by atoms with Crippen molar-refractivity contribution in [2.24, 2.45) is 0 Å². The molecule has 14 heteroatoms. The van der Waals surface area contributed by atoms with Crippen molar-refractivity contribution in [1.82, 2.24) is 24.9 Å². The Morgan fingerprint density at radius 1 is 0.927 bits per heavy atom. The van der Waals surface area contributed by atoms with Gasteiger partial charge in [-0.05, 0) is 58.5 Å². The first kappa shape index (κ1) is 29.5. The third kappa shape index (κ3) is 7.59. The normalized spacial score (nSPS) is 11.7. The Morgan fingerprint density at radius 2 is 1.66 bits per heavy atom. The Bertz CT molecular complexity index is 1660. The number of halogens is 1. The molecule has 1 aromatic carbocycles. The van der Waals surface area contributed by atoms with Crippen LogP contribution in [0.5, 0.6) is 29.1 Å². The predicted molar refractivity (Wildman–Crippen MR) is 152 cm³/mol. The highest BCUT2D eigenvalue weighted by atomic mass is 79.9. The average molecular weight is 642 g/mol. The average Bonchev–Trinajstić information content (AvgIpc) is 2.96. The van der Waals surface area contributed by atoms with Crippen LogP contribution in [0.2, 0.25) is 0 Å². The van der Waals surface area contributed by atoms with E-state index in [1.165, 1.54) is 31.8 Å². The van der Waals surface area contributed by atoms with Crippen molar-refractivity contribution < 1.29 is 27.4 Å². The Balaban J connectivity index is 1.73. The summed E-state index contributed by atoms with van der Waals surface area (Å²) in [6.45, 7) is 5.55. The molecule has 0 radical (unpaired) electrons. The lowest BCUT2D eigenvalue weighted by atomic mass is 10.1. The number of rotatable bonds is 11. The molecular weight excluding hydrogens is 616 g/mol. The van der Waals surface area contributed by atoms with E-state index < -0.39 is 16.3 Å². The standard InChI is InChI=1S/C27H25BrN6O6S/c1-5-8-23(40-27-30-14-19(28)15-31-27)39-26-24(38-21-10-7-6-9-20(21)37-4)25(32-16-33-26)34-41(35,36)22-12-11-18(13-29-22)17(2)3/h6-7,9-17,23H,1-4H3,(H,32,33,34). The first-order valence-electron chi connectivity index (χ1n) is 12.1. The maximum absolute atomic E-state index is 13.3. The second-order valence-electron chi connectivity index (χ2n) is 8.45. The molecule has 0 fully saturated rings. The number of methoxy groups -OCH3 is 1. The fourth-order valence-electron chi connectivity index (χ4n) is 3.25. The highest BCUT2D eigenvalue weighted by Gasteiger charge is 2.26. The molecule has 0 aliphatic carbocycles. The summed E-state index contributed by atoms with van der Waals surface area (Å²) in [6, 6.07) is 9.85. The smallest absolute Gasteiger partial charge is 0.320 e. The Labute approximate surface area is 245 Å². The molecule has 0 saturated carbocycles. The number of nitrogens with one attached hydrogen (secondary N) is 1. The van der Waals surface area contributed by atoms with Gasteiger partial charge >= 0.3 is 12.3 Å². The quantitative estimate of drug-likeness (QED) is 0.175. The Kier molecular flexibility index (Phi) is 9.53. The van der Waals surface area contributed by atoms with Gasteiger partial charge in [-0.2, -0.15) is 13.4 Å². The Hall–Kier alpha value is -4.48. The van der Waals surface area contributed by atoms with E-state index in [0.29, 0.717) is 10.2 Å². The number of sulfonamides is 1. The van der Waals surface area contributed by atoms with E-state index in [4.69, 9.17) is 18.9 Å². The van der Waals surface area contributed by atoms with Gasteiger partial charge in [-0.25, -0.2) is 19.9 Å². The molecule has 3 heterocycles. The van der Waals surface area contributed by atoms with E-state index in [1.807, 2.05) is 13.8 Å². The maximum atomic E-state index is 13.3. The van der Waals surface area contributed by atoms with Crippen LogP contribution in [-0.2, 0) is 10.0 Å². The van der Waals surface area contributed by atoms with Crippen LogP contribution in [0.25, 0.3) is 0 Å². The summed E-state index contributed by atoms with van der Waals surface area (Å²) < 4.78 is 52.7. The van der Waals surface area contributed by atoms with Crippen molar-refractivity contribution in [3.63, 3.8) is 0 Å². The fourth-order valence-corrected chi connectivity index (χ4v) is 4.40. The van der Waals surface area contributed by atoms with E-state index in [0.717, 1.165) is 11.9 Å². The zero-order valence-corrected chi connectivity index (χ0v) is 24.8. The molecule has 0 aliphatic heterocycles. The summed E-state index contributed by atoms with van der Waals surface area (Å²) >= 11 is 3.26. The number of pyridine rings is 1. The summed E-state index contributed by atoms with van der Waals surface area (Å²) in [6.07, 6.45) is 4.35. The SMILES string of the molecule is CC#CC(Oc1ncc(Br)cn1)Oc1ncnc(NS(=O)(=O)c2ccc(C(C)C)cn2)c1Oc1ccccc1OC. The van der Waals surface area contributed by atoms with E-state index in [9.17, 15) is 8.42 Å². The molecule has 1 atom stereocenters. The first-order valence-corrected chi connectivity index (χ1v) is 14.4. The number of nitrogens with zero attached hydrogens (tertiary/aromatic N) is 5. The second kappa shape index (κ2) is 13.2. The zero-order valence-electron chi connectivity index (χ0n) is 22.4. The minimum absolute atomic E-state index is 0.0148. The third-order valence-corrected chi connectivity index (χ3v) is 6.94. The van der Waals surface area contributed by atoms with E-state index >= 15 is 0 Å². The number of hydrogen-bond acceptors (Lipinski definition) is 11. The summed E-state index contributed by atoms with van der Waals surface area (Å²) in [4.78, 5) is 20.5. The predicted octanol–water partition coefficient (Wildman–Crippen LogP) is 4.96. The number of para-hydroxylation sites is 2. The molecule has 0 amide bonds. The molecule has 1 N–H and O–H groups in total. The molecule has 1 unspecified atom stereocenters. The highest BCUT2D eigenvalue weighted by Crippen LogP contribution is 2.40. The van der Waals surface area contributed by atoms with Gasteiger partial charge in [0.2, 0.25) is 5.75 Å². The van der Waals surface area contributed by atoms with Crippen LogP contribution < -0.4 is 23.7 Å². The van der Waals surface area contributed by atoms with Gasteiger partial charge in [0.1, 0.15) is 6.33 Å². The van der Waals surface area contributed by atoms with Crippen molar-refractivity contribution in [3.8, 4) is 41.0 Å². The molecule has 0 aliphatic rings. The van der Waals surface area contributed by atoms with Gasteiger partial charge in [0.05, 0.1) is 11.6 Å². The largest absolute Gasteiger partial charge is 0.493 e.